The van der Waals surface area contributed by atoms with Gasteiger partial charge in [-0.2, -0.15) is 0 Å². The molecular formula is C24H22N4O3S. The van der Waals surface area contributed by atoms with E-state index in [2.05, 4.69) is 15.6 Å². The molecule has 4 aromatic rings. The van der Waals surface area contributed by atoms with Crippen molar-refractivity contribution in [3.05, 3.63) is 91.8 Å². The number of carbonyl (C=O) groups excluding carboxylic acids is 2. The van der Waals surface area contributed by atoms with Crippen LogP contribution in [0.5, 0.6) is 0 Å². The van der Waals surface area contributed by atoms with Crippen molar-refractivity contribution in [1.29, 1.82) is 0 Å². The lowest BCUT2D eigenvalue weighted by Gasteiger charge is -2.11. The Balaban J connectivity index is 1.83. The lowest BCUT2D eigenvalue weighted by molar-refractivity contribution is 0.0989. The SMILES string of the molecule is Cc1cc(=O)n2c(C(=O)Nc3ccccc3C)c(C(=O)Nc3cccc(C)c3C)sc2n1. The molecule has 0 atom stereocenters. The molecule has 8 heteroatoms. The highest BCUT2D eigenvalue weighted by Gasteiger charge is 2.26. The highest BCUT2D eigenvalue weighted by molar-refractivity contribution is 7.19. The summed E-state index contributed by atoms with van der Waals surface area (Å²) in [5.41, 5.74) is 4.15. The van der Waals surface area contributed by atoms with E-state index in [4.69, 9.17) is 0 Å². The van der Waals surface area contributed by atoms with Crippen LogP contribution >= 0.6 is 11.3 Å². The van der Waals surface area contributed by atoms with Crippen LogP contribution in [0, 0.1) is 27.7 Å². The van der Waals surface area contributed by atoms with Crippen LogP contribution in [0.25, 0.3) is 4.96 Å². The first-order valence-electron chi connectivity index (χ1n) is 10.0. The topological polar surface area (TPSA) is 92.6 Å². The van der Waals surface area contributed by atoms with E-state index in [-0.39, 0.29) is 15.5 Å². The Hall–Kier alpha value is -3.78. The lowest BCUT2D eigenvalue weighted by atomic mass is 10.1. The van der Waals surface area contributed by atoms with Gasteiger partial charge in [0.05, 0.1) is 0 Å². The van der Waals surface area contributed by atoms with Crippen LogP contribution < -0.4 is 16.2 Å². The van der Waals surface area contributed by atoms with E-state index in [1.54, 1.807) is 25.1 Å². The Kier molecular flexibility index (Phi) is 5.63. The third-order valence-electron chi connectivity index (χ3n) is 5.32. The van der Waals surface area contributed by atoms with E-state index in [9.17, 15) is 14.4 Å². The second-order valence-electron chi connectivity index (χ2n) is 7.60. The Bertz CT molecular complexity index is 1440. The Morgan fingerprint density at radius 3 is 2.28 bits per heavy atom. The minimum absolute atomic E-state index is 0.0337. The van der Waals surface area contributed by atoms with Crippen molar-refractivity contribution < 1.29 is 9.59 Å². The van der Waals surface area contributed by atoms with Gasteiger partial charge in [0.1, 0.15) is 10.6 Å². The summed E-state index contributed by atoms with van der Waals surface area (Å²) in [7, 11) is 0. The first-order chi connectivity index (χ1) is 15.3. The van der Waals surface area contributed by atoms with Gasteiger partial charge in [0.2, 0.25) is 0 Å². The van der Waals surface area contributed by atoms with Crippen molar-refractivity contribution in [2.75, 3.05) is 10.6 Å². The molecule has 2 aromatic carbocycles. The molecule has 2 aromatic heterocycles. The summed E-state index contributed by atoms with van der Waals surface area (Å²) >= 11 is 1.01. The van der Waals surface area contributed by atoms with Gasteiger partial charge in [-0.05, 0) is 56.5 Å². The summed E-state index contributed by atoms with van der Waals surface area (Å²) in [5.74, 6) is -1.02. The molecular weight excluding hydrogens is 424 g/mol. The largest absolute Gasteiger partial charge is 0.321 e. The van der Waals surface area contributed by atoms with Crippen molar-refractivity contribution in [2.24, 2.45) is 0 Å². The maximum atomic E-state index is 13.3. The number of hydrogen-bond donors (Lipinski definition) is 2. The highest BCUT2D eigenvalue weighted by atomic mass is 32.1. The summed E-state index contributed by atoms with van der Waals surface area (Å²) in [6, 6.07) is 14.3. The number of para-hydroxylation sites is 1. The van der Waals surface area contributed by atoms with Crippen LogP contribution in [0.1, 0.15) is 42.5 Å². The van der Waals surface area contributed by atoms with Crippen LogP contribution in [0.15, 0.2) is 53.3 Å². The van der Waals surface area contributed by atoms with Gasteiger partial charge in [0.15, 0.2) is 4.96 Å². The molecule has 0 spiro atoms. The van der Waals surface area contributed by atoms with Gasteiger partial charge in [0.25, 0.3) is 17.4 Å². The molecule has 0 saturated carbocycles. The number of rotatable bonds is 4. The first kappa shape index (κ1) is 21.5. The molecule has 32 heavy (non-hydrogen) atoms. The monoisotopic (exact) mass is 446 g/mol. The van der Waals surface area contributed by atoms with Crippen LogP contribution in [0.3, 0.4) is 0 Å². The number of aryl methyl sites for hydroxylation is 3. The Morgan fingerprint density at radius 2 is 1.53 bits per heavy atom. The summed E-state index contributed by atoms with van der Waals surface area (Å²) in [4.78, 5) is 44.1. The number of anilines is 2. The molecule has 4 rings (SSSR count). The number of carbonyl (C=O) groups is 2. The average molecular weight is 447 g/mol. The van der Waals surface area contributed by atoms with Crippen molar-refractivity contribution >= 4 is 39.5 Å². The number of benzene rings is 2. The standard InChI is InChI=1S/C24H22N4O3S/c1-13-9-7-11-18(16(13)4)27-23(31)21-20(22(30)26-17-10-6-5-8-14(17)2)28-19(29)12-15(3)25-24(28)32-21/h5-12H,1-4H3,(H,26,30)(H,27,31). The smallest absolute Gasteiger partial charge is 0.274 e. The quantitative estimate of drug-likeness (QED) is 0.483. The minimum Gasteiger partial charge on any atom is -0.321 e. The van der Waals surface area contributed by atoms with Gasteiger partial charge in [-0.15, -0.1) is 0 Å². The molecule has 0 fully saturated rings. The number of hydrogen-bond acceptors (Lipinski definition) is 5. The molecule has 162 valence electrons. The Labute approximate surface area is 188 Å². The van der Waals surface area contributed by atoms with Gasteiger partial charge in [0, 0.05) is 23.1 Å². The summed E-state index contributed by atoms with van der Waals surface area (Å²) in [5, 5.41) is 5.71. The average Bonchev–Trinajstić information content (AvgIpc) is 3.13. The van der Waals surface area contributed by atoms with Crippen molar-refractivity contribution in [3.8, 4) is 0 Å². The number of aromatic nitrogens is 2. The number of nitrogens with one attached hydrogen (secondary N) is 2. The molecule has 2 N–H and O–H groups in total. The first-order valence-corrected chi connectivity index (χ1v) is 10.9. The van der Waals surface area contributed by atoms with Crippen molar-refractivity contribution in [3.63, 3.8) is 0 Å². The fraction of sp³-hybridized carbons (Fsp3) is 0.167. The third kappa shape index (κ3) is 3.92. The zero-order chi connectivity index (χ0) is 23.0. The van der Waals surface area contributed by atoms with Crippen molar-refractivity contribution in [2.45, 2.75) is 27.7 Å². The van der Waals surface area contributed by atoms with Crippen LogP contribution in [0.4, 0.5) is 11.4 Å². The van der Waals surface area contributed by atoms with Gasteiger partial charge in [-0.3, -0.25) is 14.4 Å². The zero-order valence-corrected chi connectivity index (χ0v) is 19.0. The lowest BCUT2D eigenvalue weighted by Crippen LogP contribution is -2.25. The van der Waals surface area contributed by atoms with E-state index >= 15 is 0 Å². The second-order valence-corrected chi connectivity index (χ2v) is 8.58. The zero-order valence-electron chi connectivity index (χ0n) is 18.1. The third-order valence-corrected chi connectivity index (χ3v) is 6.35. The molecule has 2 amide bonds. The maximum absolute atomic E-state index is 13.3. The molecule has 2 heterocycles. The molecule has 0 unspecified atom stereocenters. The summed E-state index contributed by atoms with van der Waals surface area (Å²) in [6.07, 6.45) is 0. The molecule has 0 aliphatic rings. The van der Waals surface area contributed by atoms with E-state index in [0.29, 0.717) is 17.1 Å². The van der Waals surface area contributed by atoms with Crippen LogP contribution in [0.2, 0.25) is 0 Å². The summed E-state index contributed by atoms with van der Waals surface area (Å²) in [6.45, 7) is 7.44. The molecule has 0 saturated heterocycles. The van der Waals surface area contributed by atoms with Gasteiger partial charge in [-0.25, -0.2) is 9.38 Å². The summed E-state index contributed by atoms with van der Waals surface area (Å²) < 4.78 is 1.20. The van der Waals surface area contributed by atoms with E-state index in [0.717, 1.165) is 28.0 Å². The van der Waals surface area contributed by atoms with Crippen LogP contribution in [-0.2, 0) is 0 Å². The van der Waals surface area contributed by atoms with Crippen molar-refractivity contribution in [1.82, 2.24) is 9.38 Å². The molecule has 7 nitrogen and oxygen atoms in total. The van der Waals surface area contributed by atoms with E-state index in [1.807, 2.05) is 45.0 Å². The maximum Gasteiger partial charge on any atom is 0.274 e. The second kappa shape index (κ2) is 8.39. The van der Waals surface area contributed by atoms with Gasteiger partial charge in [-0.1, -0.05) is 41.7 Å². The normalized spacial score (nSPS) is 10.9. The molecule has 0 radical (unpaired) electrons. The number of thiazole rings is 1. The van der Waals surface area contributed by atoms with Crippen LogP contribution in [-0.4, -0.2) is 21.2 Å². The van der Waals surface area contributed by atoms with Gasteiger partial charge >= 0.3 is 0 Å². The minimum atomic E-state index is -0.551. The predicted octanol–water partition coefficient (Wildman–Crippen LogP) is 4.49. The number of fused-ring (bicyclic) bond motifs is 1. The fourth-order valence-electron chi connectivity index (χ4n) is 3.40. The Morgan fingerprint density at radius 1 is 0.875 bits per heavy atom. The van der Waals surface area contributed by atoms with Gasteiger partial charge < -0.3 is 10.6 Å². The predicted molar refractivity (Wildman–Crippen MR) is 127 cm³/mol. The van der Waals surface area contributed by atoms with E-state index < -0.39 is 17.4 Å². The fourth-order valence-corrected chi connectivity index (χ4v) is 4.47. The molecule has 0 aliphatic heterocycles. The number of amides is 2. The highest BCUT2D eigenvalue weighted by Crippen LogP contribution is 2.26. The molecule has 0 bridgehead atoms. The molecule has 0 aliphatic carbocycles. The number of nitrogens with zero attached hydrogens (tertiary/aromatic N) is 2. The van der Waals surface area contributed by atoms with E-state index in [1.165, 1.54) is 10.5 Å².